The zero-order valence-electron chi connectivity index (χ0n) is 11.1. The smallest absolute Gasteiger partial charge is 0.288 e. The molecule has 110 valence electrons. The number of nitrogens with one attached hydrogen (secondary N) is 1. The highest BCUT2D eigenvalue weighted by molar-refractivity contribution is 7.99. The summed E-state index contributed by atoms with van der Waals surface area (Å²) in [7, 11) is 0. The maximum Gasteiger partial charge on any atom is 0.288 e. The van der Waals surface area contributed by atoms with Crippen molar-refractivity contribution in [2.75, 3.05) is 11.1 Å². The van der Waals surface area contributed by atoms with Gasteiger partial charge >= 0.3 is 0 Å². The maximum atomic E-state index is 12.5. The number of nitrogens with two attached hydrogens (primary N) is 1. The van der Waals surface area contributed by atoms with Crippen LogP contribution in [0.1, 0.15) is 16.1 Å². The lowest BCUT2D eigenvalue weighted by Gasteiger charge is -2.11. The van der Waals surface area contributed by atoms with Gasteiger partial charge in [-0.2, -0.15) is 8.78 Å². The van der Waals surface area contributed by atoms with Gasteiger partial charge in [0.1, 0.15) is 0 Å². The minimum Gasteiger partial charge on any atom is -0.397 e. The lowest BCUT2D eigenvalue weighted by atomic mass is 10.1. The number of carbonyl (C=O) groups is 1. The van der Waals surface area contributed by atoms with Gasteiger partial charge < -0.3 is 11.1 Å². The maximum absolute atomic E-state index is 12.5. The molecule has 0 aliphatic carbocycles. The van der Waals surface area contributed by atoms with Crippen molar-refractivity contribution in [3.8, 4) is 0 Å². The van der Waals surface area contributed by atoms with E-state index < -0.39 is 11.7 Å². The molecule has 1 heterocycles. The van der Waals surface area contributed by atoms with Crippen LogP contribution in [0, 0.1) is 6.92 Å². The van der Waals surface area contributed by atoms with Gasteiger partial charge in [-0.05, 0) is 25.1 Å². The molecule has 1 aromatic carbocycles. The first-order valence-corrected chi connectivity index (χ1v) is 6.92. The molecule has 2 rings (SSSR count). The number of hydrogen-bond donors (Lipinski definition) is 2. The van der Waals surface area contributed by atoms with E-state index in [1.807, 2.05) is 0 Å². The quantitative estimate of drug-likeness (QED) is 0.848. The summed E-state index contributed by atoms with van der Waals surface area (Å²) in [6.45, 7) is 1.67. The molecule has 0 bridgehead atoms. The number of nitrogens with zero attached hydrogens (tertiary/aromatic N) is 1. The predicted molar refractivity (Wildman–Crippen MR) is 79.6 cm³/mol. The van der Waals surface area contributed by atoms with Gasteiger partial charge in [-0.25, -0.2) is 0 Å². The zero-order valence-corrected chi connectivity index (χ0v) is 12.0. The molecule has 0 atom stereocenters. The lowest BCUT2D eigenvalue weighted by molar-refractivity contribution is 0.102. The van der Waals surface area contributed by atoms with Gasteiger partial charge in [0, 0.05) is 4.90 Å². The third-order valence-electron chi connectivity index (χ3n) is 2.70. The number of alkyl halides is 2. The summed E-state index contributed by atoms with van der Waals surface area (Å²) in [6, 6.07) is 7.89. The molecule has 2 aromatic rings. The van der Waals surface area contributed by atoms with Crippen molar-refractivity contribution < 1.29 is 13.6 Å². The number of hydrogen-bond acceptors (Lipinski definition) is 4. The Morgan fingerprint density at radius 2 is 2.10 bits per heavy atom. The average Bonchev–Trinajstić information content (AvgIpc) is 2.43. The normalized spacial score (nSPS) is 10.7. The van der Waals surface area contributed by atoms with Gasteiger partial charge in [0.15, 0.2) is 0 Å². The van der Waals surface area contributed by atoms with Gasteiger partial charge in [0.05, 0.1) is 28.8 Å². The van der Waals surface area contributed by atoms with Gasteiger partial charge in [0.25, 0.3) is 11.7 Å². The molecule has 0 fully saturated rings. The van der Waals surface area contributed by atoms with Gasteiger partial charge in [-0.15, -0.1) is 0 Å². The minimum absolute atomic E-state index is 0.301. The van der Waals surface area contributed by atoms with E-state index in [1.54, 1.807) is 25.1 Å². The highest BCUT2D eigenvalue weighted by Crippen LogP contribution is 2.31. The van der Waals surface area contributed by atoms with Gasteiger partial charge in [-0.1, -0.05) is 23.9 Å². The van der Waals surface area contributed by atoms with E-state index in [0.717, 1.165) is 0 Å². The van der Waals surface area contributed by atoms with Crippen LogP contribution < -0.4 is 11.1 Å². The van der Waals surface area contributed by atoms with Crippen LogP contribution in [-0.2, 0) is 0 Å². The number of pyridine rings is 1. The average molecular weight is 309 g/mol. The summed E-state index contributed by atoms with van der Waals surface area (Å²) in [4.78, 5) is 16.5. The molecular formula is C14H13F2N3OS. The molecule has 0 saturated carbocycles. The number of halogens is 2. The van der Waals surface area contributed by atoms with Crippen LogP contribution in [0.4, 0.5) is 20.2 Å². The highest BCUT2D eigenvalue weighted by Gasteiger charge is 2.14. The van der Waals surface area contributed by atoms with Crippen LogP contribution in [0.15, 0.2) is 41.4 Å². The topological polar surface area (TPSA) is 68.0 Å². The number of aryl methyl sites for hydroxylation is 1. The van der Waals surface area contributed by atoms with Crippen LogP contribution in [0.3, 0.4) is 0 Å². The Labute approximate surface area is 124 Å². The molecule has 0 unspecified atom stereocenters. The molecule has 0 aliphatic heterocycles. The van der Waals surface area contributed by atoms with Crippen LogP contribution >= 0.6 is 11.8 Å². The summed E-state index contributed by atoms with van der Waals surface area (Å²) in [5, 5.41) is 2.61. The number of anilines is 2. The summed E-state index contributed by atoms with van der Waals surface area (Å²) in [5.41, 5.74) is 7.13. The standard InChI is InChI=1S/C14H13F2N3OS/c1-8-10(6-9(17)7-18-8)13(20)19-11-4-2-3-5-12(11)21-14(15)16/h2-7,14H,17H2,1H3,(H,19,20). The third-order valence-corrected chi connectivity index (χ3v) is 3.49. The number of aromatic nitrogens is 1. The van der Waals surface area contributed by atoms with Crippen molar-refractivity contribution >= 4 is 29.0 Å². The molecule has 0 radical (unpaired) electrons. The number of para-hydroxylation sites is 1. The van der Waals surface area contributed by atoms with E-state index in [2.05, 4.69) is 10.3 Å². The third kappa shape index (κ3) is 3.91. The molecule has 1 amide bonds. The van der Waals surface area contributed by atoms with Gasteiger partial charge in [-0.3, -0.25) is 9.78 Å². The number of nitrogen functional groups attached to an aromatic ring is 1. The van der Waals surface area contributed by atoms with E-state index >= 15 is 0 Å². The first kappa shape index (κ1) is 15.2. The fourth-order valence-corrected chi connectivity index (χ4v) is 2.33. The molecule has 7 heteroatoms. The van der Waals surface area contributed by atoms with Crippen molar-refractivity contribution in [3.05, 3.63) is 47.8 Å². The highest BCUT2D eigenvalue weighted by atomic mass is 32.2. The van der Waals surface area contributed by atoms with Gasteiger partial charge in [0.2, 0.25) is 0 Å². The van der Waals surface area contributed by atoms with Crippen molar-refractivity contribution in [3.63, 3.8) is 0 Å². The fourth-order valence-electron chi connectivity index (χ4n) is 1.74. The van der Waals surface area contributed by atoms with Crippen molar-refractivity contribution in [2.24, 2.45) is 0 Å². The monoisotopic (exact) mass is 309 g/mol. The van der Waals surface area contributed by atoms with Crippen LogP contribution in [-0.4, -0.2) is 16.6 Å². The first-order chi connectivity index (χ1) is 9.97. The van der Waals surface area contributed by atoms with E-state index in [9.17, 15) is 13.6 Å². The first-order valence-electron chi connectivity index (χ1n) is 6.04. The van der Waals surface area contributed by atoms with Crippen LogP contribution in [0.5, 0.6) is 0 Å². The van der Waals surface area contributed by atoms with E-state index in [-0.39, 0.29) is 0 Å². The number of benzene rings is 1. The summed E-state index contributed by atoms with van der Waals surface area (Å²) < 4.78 is 25.0. The summed E-state index contributed by atoms with van der Waals surface area (Å²) in [6.07, 6.45) is 1.45. The Bertz CT molecular complexity index is 664. The van der Waals surface area contributed by atoms with Crippen molar-refractivity contribution in [1.29, 1.82) is 0 Å². The molecular weight excluding hydrogens is 296 g/mol. The number of thioether (sulfide) groups is 1. The Kier molecular flexibility index (Phi) is 4.74. The van der Waals surface area contributed by atoms with E-state index in [1.165, 1.54) is 18.3 Å². The molecule has 4 nitrogen and oxygen atoms in total. The Hall–Kier alpha value is -2.15. The van der Waals surface area contributed by atoms with E-state index in [4.69, 9.17) is 5.73 Å². The molecule has 21 heavy (non-hydrogen) atoms. The lowest BCUT2D eigenvalue weighted by Crippen LogP contribution is -2.15. The summed E-state index contributed by atoms with van der Waals surface area (Å²) in [5.74, 6) is -2.99. The fraction of sp³-hybridized carbons (Fsp3) is 0.143. The number of carbonyl (C=O) groups excluding carboxylic acids is 1. The zero-order chi connectivity index (χ0) is 15.4. The number of amides is 1. The Morgan fingerprint density at radius 1 is 1.38 bits per heavy atom. The largest absolute Gasteiger partial charge is 0.397 e. The molecule has 0 spiro atoms. The molecule has 3 N–H and O–H groups in total. The van der Waals surface area contributed by atoms with Crippen molar-refractivity contribution in [2.45, 2.75) is 17.6 Å². The predicted octanol–water partition coefficient (Wildman–Crippen LogP) is 3.54. The molecule has 0 aliphatic rings. The molecule has 0 saturated heterocycles. The van der Waals surface area contributed by atoms with Crippen LogP contribution in [0.25, 0.3) is 0 Å². The van der Waals surface area contributed by atoms with E-state index in [0.29, 0.717) is 39.3 Å². The van der Waals surface area contributed by atoms with Crippen molar-refractivity contribution in [1.82, 2.24) is 4.98 Å². The Morgan fingerprint density at radius 3 is 2.81 bits per heavy atom. The summed E-state index contributed by atoms with van der Waals surface area (Å²) >= 11 is 0.381. The second kappa shape index (κ2) is 6.53. The minimum atomic E-state index is -2.56. The van der Waals surface area contributed by atoms with Crippen LogP contribution in [0.2, 0.25) is 0 Å². The Balaban J connectivity index is 2.25. The number of rotatable bonds is 4. The SMILES string of the molecule is Cc1ncc(N)cc1C(=O)Nc1ccccc1SC(F)F. The second-order valence-electron chi connectivity index (χ2n) is 4.23. The molecule has 1 aromatic heterocycles. The second-order valence-corrected chi connectivity index (χ2v) is 5.26.